The van der Waals surface area contributed by atoms with Crippen molar-refractivity contribution in [3.63, 3.8) is 0 Å². The molecule has 0 spiro atoms. The number of carbonyl (C=O) groups is 2. The van der Waals surface area contributed by atoms with Crippen molar-refractivity contribution >= 4 is 11.8 Å². The number of rotatable bonds is 5. The lowest BCUT2D eigenvalue weighted by Crippen LogP contribution is -2.45. The van der Waals surface area contributed by atoms with E-state index in [4.69, 9.17) is 0 Å². The average Bonchev–Trinajstić information content (AvgIpc) is 2.99. The first-order valence-electron chi connectivity index (χ1n) is 8.82. The molecule has 2 heterocycles. The number of aryl methyl sites for hydroxylation is 1. The van der Waals surface area contributed by atoms with Crippen LogP contribution in [0.5, 0.6) is 0 Å². The number of benzene rings is 1. The maximum atomic E-state index is 12.5. The minimum absolute atomic E-state index is 0.129. The molecule has 1 aromatic carbocycles. The maximum absolute atomic E-state index is 12.5. The molecular weight excluding hydrogens is 288 g/mol. The Kier molecular flexibility index (Phi) is 5.31. The molecule has 2 saturated heterocycles. The Morgan fingerprint density at radius 1 is 1.13 bits per heavy atom. The minimum Gasteiger partial charge on any atom is -0.341 e. The number of piperidine rings is 1. The van der Waals surface area contributed by atoms with Crippen LogP contribution < -0.4 is 0 Å². The van der Waals surface area contributed by atoms with Gasteiger partial charge in [-0.05, 0) is 43.6 Å². The summed E-state index contributed by atoms with van der Waals surface area (Å²) in [6.07, 6.45) is 6.01. The summed E-state index contributed by atoms with van der Waals surface area (Å²) in [6, 6.07) is 10.6. The van der Waals surface area contributed by atoms with E-state index in [0.29, 0.717) is 12.3 Å². The van der Waals surface area contributed by atoms with E-state index in [1.54, 1.807) is 4.90 Å². The Balaban J connectivity index is 1.47. The lowest BCUT2D eigenvalue weighted by atomic mass is 9.91. The van der Waals surface area contributed by atoms with E-state index in [0.717, 1.165) is 45.3 Å². The molecule has 0 saturated carbocycles. The van der Waals surface area contributed by atoms with Gasteiger partial charge >= 0.3 is 0 Å². The third kappa shape index (κ3) is 4.34. The van der Waals surface area contributed by atoms with Gasteiger partial charge in [0.1, 0.15) is 0 Å². The van der Waals surface area contributed by atoms with Gasteiger partial charge in [0.2, 0.25) is 11.8 Å². The minimum atomic E-state index is 0.129. The molecule has 23 heavy (non-hydrogen) atoms. The van der Waals surface area contributed by atoms with Gasteiger partial charge in [-0.25, -0.2) is 0 Å². The van der Waals surface area contributed by atoms with Crippen molar-refractivity contribution in [2.24, 2.45) is 5.92 Å². The van der Waals surface area contributed by atoms with E-state index >= 15 is 0 Å². The van der Waals surface area contributed by atoms with Gasteiger partial charge < -0.3 is 9.80 Å². The van der Waals surface area contributed by atoms with Crippen LogP contribution in [0.2, 0.25) is 0 Å². The number of amides is 2. The van der Waals surface area contributed by atoms with Gasteiger partial charge in [-0.15, -0.1) is 0 Å². The molecule has 2 amide bonds. The van der Waals surface area contributed by atoms with Crippen molar-refractivity contribution in [1.82, 2.24) is 9.80 Å². The number of hydrogen-bond donors (Lipinski definition) is 0. The zero-order chi connectivity index (χ0) is 16.1. The predicted molar refractivity (Wildman–Crippen MR) is 89.9 cm³/mol. The molecule has 4 nitrogen and oxygen atoms in total. The molecule has 0 bridgehead atoms. The van der Waals surface area contributed by atoms with Gasteiger partial charge in [-0.1, -0.05) is 30.3 Å². The summed E-state index contributed by atoms with van der Waals surface area (Å²) in [6.45, 7) is 2.73. The molecule has 1 aromatic rings. The number of carbonyl (C=O) groups excluding carboxylic acids is 2. The molecule has 0 aliphatic carbocycles. The summed E-state index contributed by atoms with van der Waals surface area (Å²) in [5, 5.41) is 0. The molecule has 0 N–H and O–H groups in total. The van der Waals surface area contributed by atoms with Crippen LogP contribution in [0, 0.1) is 5.92 Å². The molecular formula is C19H26N2O2. The fourth-order valence-corrected chi connectivity index (χ4v) is 3.68. The predicted octanol–water partition coefficient (Wildman–Crippen LogP) is 2.48. The lowest BCUT2D eigenvalue weighted by molar-refractivity contribution is -0.139. The van der Waals surface area contributed by atoms with Crippen molar-refractivity contribution in [2.45, 2.75) is 38.5 Å². The van der Waals surface area contributed by atoms with Crippen LogP contribution in [0.25, 0.3) is 0 Å². The molecule has 4 heteroatoms. The van der Waals surface area contributed by atoms with Crippen molar-refractivity contribution < 1.29 is 9.59 Å². The summed E-state index contributed by atoms with van der Waals surface area (Å²) in [7, 11) is 0. The van der Waals surface area contributed by atoms with Crippen LogP contribution in [0.4, 0.5) is 0 Å². The largest absolute Gasteiger partial charge is 0.341 e. The highest BCUT2D eigenvalue weighted by molar-refractivity contribution is 5.85. The van der Waals surface area contributed by atoms with Gasteiger partial charge in [0, 0.05) is 26.1 Å². The van der Waals surface area contributed by atoms with E-state index in [1.165, 1.54) is 12.0 Å². The van der Waals surface area contributed by atoms with Crippen LogP contribution in [0.15, 0.2) is 30.3 Å². The van der Waals surface area contributed by atoms with E-state index in [-0.39, 0.29) is 18.4 Å². The van der Waals surface area contributed by atoms with Crippen molar-refractivity contribution in [3.05, 3.63) is 35.9 Å². The fraction of sp³-hybridized carbons (Fsp3) is 0.579. The summed E-state index contributed by atoms with van der Waals surface area (Å²) in [5.41, 5.74) is 1.37. The topological polar surface area (TPSA) is 40.6 Å². The zero-order valence-corrected chi connectivity index (χ0v) is 13.7. The van der Waals surface area contributed by atoms with E-state index in [1.807, 2.05) is 11.0 Å². The fourth-order valence-electron chi connectivity index (χ4n) is 3.68. The number of nitrogens with zero attached hydrogens (tertiary/aromatic N) is 2. The Hall–Kier alpha value is -1.84. The molecule has 2 aliphatic rings. The Labute approximate surface area is 138 Å². The molecule has 0 aromatic heterocycles. The summed E-state index contributed by atoms with van der Waals surface area (Å²) in [5.74, 6) is 0.850. The van der Waals surface area contributed by atoms with Gasteiger partial charge in [0.15, 0.2) is 0 Å². The third-order valence-corrected chi connectivity index (χ3v) is 5.05. The summed E-state index contributed by atoms with van der Waals surface area (Å²) < 4.78 is 0. The van der Waals surface area contributed by atoms with Gasteiger partial charge in [0.25, 0.3) is 0 Å². The highest BCUT2D eigenvalue weighted by Crippen LogP contribution is 2.22. The molecule has 0 radical (unpaired) electrons. The van der Waals surface area contributed by atoms with Crippen molar-refractivity contribution in [2.75, 3.05) is 26.2 Å². The van der Waals surface area contributed by atoms with Crippen molar-refractivity contribution in [3.8, 4) is 0 Å². The standard InChI is InChI=1S/C19H26N2O2/c22-18-9-5-13-21(18)15-19(23)20-12-4-8-17(14-20)11-10-16-6-2-1-3-7-16/h1-3,6-7,17H,4-5,8-15H2/t17-/m1/s1. The molecule has 2 fully saturated rings. The van der Waals surface area contributed by atoms with E-state index in [2.05, 4.69) is 24.3 Å². The second-order valence-electron chi connectivity index (χ2n) is 6.79. The quantitative estimate of drug-likeness (QED) is 0.838. The molecule has 124 valence electrons. The Morgan fingerprint density at radius 2 is 1.96 bits per heavy atom. The van der Waals surface area contributed by atoms with Crippen LogP contribution in [0.3, 0.4) is 0 Å². The van der Waals surface area contributed by atoms with Gasteiger partial charge in [-0.3, -0.25) is 9.59 Å². The van der Waals surface area contributed by atoms with Crippen LogP contribution >= 0.6 is 0 Å². The van der Waals surface area contributed by atoms with Crippen LogP contribution in [0.1, 0.15) is 37.7 Å². The molecule has 0 unspecified atom stereocenters. The highest BCUT2D eigenvalue weighted by atomic mass is 16.2. The van der Waals surface area contributed by atoms with E-state index < -0.39 is 0 Å². The number of hydrogen-bond acceptors (Lipinski definition) is 2. The first-order chi connectivity index (χ1) is 11.2. The highest BCUT2D eigenvalue weighted by Gasteiger charge is 2.27. The molecule has 2 aliphatic heterocycles. The Morgan fingerprint density at radius 3 is 2.70 bits per heavy atom. The van der Waals surface area contributed by atoms with Crippen LogP contribution in [-0.2, 0) is 16.0 Å². The second kappa shape index (κ2) is 7.62. The normalized spacial score (nSPS) is 21.7. The van der Waals surface area contributed by atoms with Crippen LogP contribution in [-0.4, -0.2) is 47.8 Å². The van der Waals surface area contributed by atoms with Gasteiger partial charge in [0.05, 0.1) is 6.54 Å². The monoisotopic (exact) mass is 314 g/mol. The summed E-state index contributed by atoms with van der Waals surface area (Å²) in [4.78, 5) is 27.8. The summed E-state index contributed by atoms with van der Waals surface area (Å²) >= 11 is 0. The Bertz CT molecular complexity index is 544. The number of likely N-dealkylation sites (tertiary alicyclic amines) is 2. The maximum Gasteiger partial charge on any atom is 0.242 e. The third-order valence-electron chi connectivity index (χ3n) is 5.05. The molecule has 3 rings (SSSR count). The molecule has 1 atom stereocenters. The zero-order valence-electron chi connectivity index (χ0n) is 13.7. The average molecular weight is 314 g/mol. The van der Waals surface area contributed by atoms with Gasteiger partial charge in [-0.2, -0.15) is 0 Å². The lowest BCUT2D eigenvalue weighted by Gasteiger charge is -2.34. The first-order valence-corrected chi connectivity index (χ1v) is 8.82. The smallest absolute Gasteiger partial charge is 0.242 e. The van der Waals surface area contributed by atoms with E-state index in [9.17, 15) is 9.59 Å². The SMILES string of the molecule is O=C1CCCN1CC(=O)N1CCC[C@H](CCc2ccccc2)C1. The van der Waals surface area contributed by atoms with Crippen molar-refractivity contribution in [1.29, 1.82) is 0 Å². The first kappa shape index (κ1) is 16.0. The second-order valence-corrected chi connectivity index (χ2v) is 6.79.